The van der Waals surface area contributed by atoms with Gasteiger partial charge in [0, 0.05) is 18.8 Å². The van der Waals surface area contributed by atoms with Crippen LogP contribution in [0.4, 0.5) is 10.1 Å². The van der Waals surface area contributed by atoms with Gasteiger partial charge in [-0.1, -0.05) is 12.1 Å². The lowest BCUT2D eigenvalue weighted by Gasteiger charge is -2.34. The lowest BCUT2D eigenvalue weighted by Crippen LogP contribution is -2.40. The Hall–Kier alpha value is -2.64. The molecule has 1 fully saturated rings. The van der Waals surface area contributed by atoms with Crippen LogP contribution < -0.4 is 15.8 Å². The summed E-state index contributed by atoms with van der Waals surface area (Å²) in [7, 11) is 1.62. The molecule has 2 aromatic rings. The van der Waals surface area contributed by atoms with E-state index in [9.17, 15) is 4.39 Å². The van der Waals surface area contributed by atoms with E-state index >= 15 is 0 Å². The lowest BCUT2D eigenvalue weighted by atomic mass is 10.0. The molecule has 1 atom stereocenters. The van der Waals surface area contributed by atoms with Gasteiger partial charge in [0.25, 0.3) is 0 Å². The Balaban J connectivity index is 1.71. The summed E-state index contributed by atoms with van der Waals surface area (Å²) in [5, 5.41) is 3.07. The first-order valence-electron chi connectivity index (χ1n) is 8.94. The highest BCUT2D eigenvalue weighted by atomic mass is 19.1. The van der Waals surface area contributed by atoms with Crippen molar-refractivity contribution in [2.45, 2.75) is 6.04 Å². The van der Waals surface area contributed by atoms with Gasteiger partial charge in [-0.15, -0.1) is 0 Å². The van der Waals surface area contributed by atoms with Crippen molar-refractivity contribution in [1.29, 1.82) is 0 Å². The number of ether oxygens (including phenoxy) is 2. The molecule has 3 N–H and O–H groups in total. The van der Waals surface area contributed by atoms with Crippen LogP contribution in [0.5, 0.6) is 5.75 Å². The number of aliphatic imine (C=N–C) groups is 1. The van der Waals surface area contributed by atoms with Gasteiger partial charge in [-0.25, -0.2) is 4.39 Å². The Morgan fingerprint density at radius 1 is 1.26 bits per heavy atom. The maximum Gasteiger partial charge on any atom is 0.193 e. The third-order valence-corrected chi connectivity index (χ3v) is 4.52. The maximum atomic E-state index is 13.7. The van der Waals surface area contributed by atoms with E-state index in [4.69, 9.17) is 15.2 Å². The van der Waals surface area contributed by atoms with Gasteiger partial charge in [0.2, 0.25) is 0 Å². The zero-order valence-electron chi connectivity index (χ0n) is 15.4. The third-order valence-electron chi connectivity index (χ3n) is 4.52. The molecule has 0 saturated carbocycles. The highest BCUT2D eigenvalue weighted by Crippen LogP contribution is 2.23. The van der Waals surface area contributed by atoms with Gasteiger partial charge in [0.05, 0.1) is 32.9 Å². The molecule has 7 heteroatoms. The van der Waals surface area contributed by atoms with E-state index in [2.05, 4.69) is 15.2 Å². The number of guanidine groups is 1. The Bertz CT molecular complexity index is 761. The number of nitrogens with zero attached hydrogens (tertiary/aromatic N) is 2. The minimum atomic E-state index is -0.251. The third kappa shape index (κ3) is 5.42. The van der Waals surface area contributed by atoms with Crippen molar-refractivity contribution >= 4 is 11.6 Å². The molecule has 144 valence electrons. The second kappa shape index (κ2) is 9.34. The summed E-state index contributed by atoms with van der Waals surface area (Å²) in [4.78, 5) is 6.74. The predicted octanol–water partition coefficient (Wildman–Crippen LogP) is 2.63. The molecule has 3 rings (SSSR count). The Morgan fingerprint density at radius 3 is 2.67 bits per heavy atom. The summed E-state index contributed by atoms with van der Waals surface area (Å²) in [5.74, 6) is 0.837. The number of hydrogen-bond acceptors (Lipinski definition) is 4. The predicted molar refractivity (Wildman–Crippen MR) is 105 cm³/mol. The lowest BCUT2D eigenvalue weighted by molar-refractivity contribution is 0.0179. The molecule has 6 nitrogen and oxygen atoms in total. The zero-order valence-corrected chi connectivity index (χ0v) is 15.4. The van der Waals surface area contributed by atoms with Gasteiger partial charge in [-0.05, 0) is 42.0 Å². The van der Waals surface area contributed by atoms with E-state index < -0.39 is 0 Å². The summed E-state index contributed by atoms with van der Waals surface area (Å²) in [6, 6.07) is 14.0. The Morgan fingerprint density at radius 2 is 2.00 bits per heavy atom. The SMILES string of the molecule is COc1ccc(NC(N)=NCC(c2cccc(F)c2)N2CCOCC2)cc1. The summed E-state index contributed by atoms with van der Waals surface area (Å²) >= 11 is 0. The van der Waals surface area contributed by atoms with Crippen LogP contribution in [0, 0.1) is 5.82 Å². The second-order valence-corrected chi connectivity index (χ2v) is 6.30. The fraction of sp³-hybridized carbons (Fsp3) is 0.350. The highest BCUT2D eigenvalue weighted by molar-refractivity contribution is 5.92. The van der Waals surface area contributed by atoms with Crippen molar-refractivity contribution in [3.63, 3.8) is 0 Å². The normalized spacial score (nSPS) is 16.7. The van der Waals surface area contributed by atoms with Crippen molar-refractivity contribution < 1.29 is 13.9 Å². The topological polar surface area (TPSA) is 72.1 Å². The smallest absolute Gasteiger partial charge is 0.193 e. The van der Waals surface area contributed by atoms with Crippen molar-refractivity contribution in [3.8, 4) is 5.75 Å². The summed E-state index contributed by atoms with van der Waals surface area (Å²) in [6.07, 6.45) is 0. The first-order chi connectivity index (χ1) is 13.2. The van der Waals surface area contributed by atoms with Crippen LogP contribution in [0.1, 0.15) is 11.6 Å². The monoisotopic (exact) mass is 372 g/mol. The first kappa shape index (κ1) is 19.1. The molecule has 1 saturated heterocycles. The Labute approximate surface area is 158 Å². The summed E-state index contributed by atoms with van der Waals surface area (Å²) < 4.78 is 24.3. The minimum Gasteiger partial charge on any atom is -0.497 e. The number of nitrogens with two attached hydrogens (primary N) is 1. The van der Waals surface area contributed by atoms with Crippen LogP contribution >= 0.6 is 0 Å². The van der Waals surface area contributed by atoms with Crippen LogP contribution in [0.25, 0.3) is 0 Å². The van der Waals surface area contributed by atoms with Crippen LogP contribution in [0.2, 0.25) is 0 Å². The molecular formula is C20H25FN4O2. The van der Waals surface area contributed by atoms with E-state index in [1.807, 2.05) is 30.3 Å². The van der Waals surface area contributed by atoms with Crippen LogP contribution in [0.15, 0.2) is 53.5 Å². The molecule has 1 aliphatic rings. The average Bonchev–Trinajstić information content (AvgIpc) is 2.70. The fourth-order valence-electron chi connectivity index (χ4n) is 3.08. The van der Waals surface area contributed by atoms with E-state index in [1.165, 1.54) is 6.07 Å². The van der Waals surface area contributed by atoms with Crippen LogP contribution in [0.3, 0.4) is 0 Å². The number of methoxy groups -OCH3 is 1. The van der Waals surface area contributed by atoms with Crippen molar-refractivity contribution in [2.75, 3.05) is 45.3 Å². The summed E-state index contributed by atoms with van der Waals surface area (Å²) in [6.45, 7) is 3.31. The zero-order chi connectivity index (χ0) is 19.1. The molecule has 27 heavy (non-hydrogen) atoms. The Kier molecular flexibility index (Phi) is 6.62. The number of halogens is 1. The molecule has 1 aliphatic heterocycles. The van der Waals surface area contributed by atoms with Crippen molar-refractivity contribution in [3.05, 3.63) is 59.9 Å². The standard InChI is InChI=1S/C20H25FN4O2/c1-26-18-7-5-17(6-8-18)24-20(22)23-14-19(25-9-11-27-12-10-25)15-3-2-4-16(21)13-15/h2-8,13,19H,9-12,14H2,1H3,(H3,22,23,24). The van der Waals surface area contributed by atoms with Crippen LogP contribution in [-0.2, 0) is 4.74 Å². The van der Waals surface area contributed by atoms with E-state index in [1.54, 1.807) is 19.2 Å². The van der Waals surface area contributed by atoms with Gasteiger partial charge in [0.1, 0.15) is 11.6 Å². The van der Waals surface area contributed by atoms with Crippen molar-refractivity contribution in [2.24, 2.45) is 10.7 Å². The molecule has 0 amide bonds. The second-order valence-electron chi connectivity index (χ2n) is 6.30. The van der Waals surface area contributed by atoms with Gasteiger partial charge in [-0.2, -0.15) is 0 Å². The molecule has 0 bridgehead atoms. The minimum absolute atomic E-state index is 0.0548. The number of nitrogens with one attached hydrogen (secondary N) is 1. The van der Waals surface area contributed by atoms with Crippen molar-refractivity contribution in [1.82, 2.24) is 4.90 Å². The van der Waals surface area contributed by atoms with Crippen LogP contribution in [-0.4, -0.2) is 50.8 Å². The van der Waals surface area contributed by atoms with Gasteiger partial charge in [0.15, 0.2) is 5.96 Å². The molecule has 0 radical (unpaired) electrons. The molecule has 0 spiro atoms. The summed E-state index contributed by atoms with van der Waals surface area (Å²) in [5.41, 5.74) is 7.76. The average molecular weight is 372 g/mol. The number of benzene rings is 2. The number of hydrogen-bond donors (Lipinski definition) is 2. The highest BCUT2D eigenvalue weighted by Gasteiger charge is 2.22. The van der Waals surface area contributed by atoms with E-state index in [0.717, 1.165) is 30.1 Å². The largest absolute Gasteiger partial charge is 0.497 e. The molecule has 1 unspecified atom stereocenters. The fourth-order valence-corrected chi connectivity index (χ4v) is 3.08. The van der Waals surface area contributed by atoms with E-state index in [0.29, 0.717) is 25.7 Å². The number of rotatable bonds is 6. The van der Waals surface area contributed by atoms with Gasteiger partial charge >= 0.3 is 0 Å². The molecular weight excluding hydrogens is 347 g/mol. The number of morpholine rings is 1. The number of anilines is 1. The quantitative estimate of drug-likeness (QED) is 0.602. The molecule has 1 heterocycles. The molecule has 2 aromatic carbocycles. The molecule has 0 aromatic heterocycles. The van der Waals surface area contributed by atoms with Gasteiger partial charge in [-0.3, -0.25) is 9.89 Å². The maximum absolute atomic E-state index is 13.7. The van der Waals surface area contributed by atoms with Gasteiger partial charge < -0.3 is 20.5 Å². The molecule has 0 aliphatic carbocycles. The van der Waals surface area contributed by atoms with E-state index in [-0.39, 0.29) is 11.9 Å². The first-order valence-corrected chi connectivity index (χ1v) is 8.94.